The molecule has 4 nitrogen and oxygen atoms in total. The average Bonchev–Trinajstić information content (AvgIpc) is 2.57. The number of halogens is 1. The van der Waals surface area contributed by atoms with Gasteiger partial charge in [0.25, 0.3) is 0 Å². The van der Waals surface area contributed by atoms with E-state index in [1.54, 1.807) is 12.3 Å². The van der Waals surface area contributed by atoms with Gasteiger partial charge in [0, 0.05) is 32.4 Å². The smallest absolute Gasteiger partial charge is 0.128 e. The molecule has 1 aliphatic rings. The second-order valence-corrected chi connectivity index (χ2v) is 5.30. The molecule has 0 saturated carbocycles. The molecule has 0 amide bonds. The molecule has 1 atom stereocenters. The van der Waals surface area contributed by atoms with E-state index < -0.39 is 6.04 Å². The summed E-state index contributed by atoms with van der Waals surface area (Å²) in [6.45, 7) is 3.13. The third-order valence-corrected chi connectivity index (χ3v) is 3.94. The molecule has 1 aliphatic heterocycles. The quantitative estimate of drug-likeness (QED) is 0.873. The van der Waals surface area contributed by atoms with E-state index in [1.165, 1.54) is 12.1 Å². The molecule has 0 radical (unpaired) electrons. The summed E-state index contributed by atoms with van der Waals surface area (Å²) >= 11 is 0. The molecule has 1 fully saturated rings. The number of nitriles is 1. The van der Waals surface area contributed by atoms with Gasteiger partial charge >= 0.3 is 0 Å². The first-order valence-corrected chi connectivity index (χ1v) is 7.33. The summed E-state index contributed by atoms with van der Waals surface area (Å²) < 4.78 is 13.4. The molecular weight excluding hydrogens is 279 g/mol. The lowest BCUT2D eigenvalue weighted by molar-refractivity contribution is 0.221. The predicted molar refractivity (Wildman–Crippen MR) is 82.8 cm³/mol. The van der Waals surface area contributed by atoms with E-state index in [9.17, 15) is 9.65 Å². The molecule has 0 bridgehead atoms. The fraction of sp³-hybridized carbons (Fsp3) is 0.294. The van der Waals surface area contributed by atoms with E-state index in [4.69, 9.17) is 0 Å². The van der Waals surface area contributed by atoms with Crippen molar-refractivity contribution in [3.8, 4) is 6.07 Å². The number of anilines is 1. The normalized spacial score (nSPS) is 17.0. The number of hydrogen-bond donors (Lipinski definition) is 0. The second kappa shape index (κ2) is 6.54. The molecule has 2 heterocycles. The summed E-state index contributed by atoms with van der Waals surface area (Å²) in [5, 5.41) is 9.47. The first kappa shape index (κ1) is 14.5. The summed E-state index contributed by atoms with van der Waals surface area (Å²) in [6, 6.07) is 14.1. The zero-order valence-corrected chi connectivity index (χ0v) is 12.2. The van der Waals surface area contributed by atoms with Crippen molar-refractivity contribution in [3.05, 3.63) is 60.0 Å². The molecule has 0 spiro atoms. The third kappa shape index (κ3) is 3.07. The van der Waals surface area contributed by atoms with Gasteiger partial charge in [-0.15, -0.1) is 0 Å². The standard InChI is InChI=1S/C17H17FN4/c18-15-5-3-4-14(12-15)16(13-19)21-8-10-22(11-9-21)17-6-1-2-7-20-17/h1-7,12,16H,8-11H2. The maximum Gasteiger partial charge on any atom is 0.128 e. The van der Waals surface area contributed by atoms with E-state index in [2.05, 4.69) is 20.9 Å². The largest absolute Gasteiger partial charge is 0.354 e. The Bertz CT molecular complexity index is 660. The molecule has 0 N–H and O–H groups in total. The van der Waals surface area contributed by atoms with Gasteiger partial charge in [-0.3, -0.25) is 4.90 Å². The van der Waals surface area contributed by atoms with E-state index >= 15 is 0 Å². The van der Waals surface area contributed by atoms with Crippen molar-refractivity contribution in [1.82, 2.24) is 9.88 Å². The Hall–Kier alpha value is -2.45. The Labute approximate surface area is 129 Å². The molecule has 2 aromatic rings. The highest BCUT2D eigenvalue weighted by Gasteiger charge is 2.25. The first-order chi connectivity index (χ1) is 10.8. The van der Waals surface area contributed by atoms with Gasteiger partial charge in [0.05, 0.1) is 6.07 Å². The Morgan fingerprint density at radius 1 is 1.09 bits per heavy atom. The van der Waals surface area contributed by atoms with Crippen molar-refractivity contribution in [2.24, 2.45) is 0 Å². The van der Waals surface area contributed by atoms with Crippen LogP contribution in [0.3, 0.4) is 0 Å². The van der Waals surface area contributed by atoms with Crippen LogP contribution in [0.15, 0.2) is 48.7 Å². The first-order valence-electron chi connectivity index (χ1n) is 7.33. The van der Waals surface area contributed by atoms with Crippen LogP contribution in [-0.4, -0.2) is 36.1 Å². The predicted octanol–water partition coefficient (Wildman–Crippen LogP) is 2.61. The molecule has 1 aromatic heterocycles. The molecule has 0 aliphatic carbocycles. The van der Waals surface area contributed by atoms with Gasteiger partial charge in [-0.25, -0.2) is 9.37 Å². The maximum absolute atomic E-state index is 13.4. The van der Waals surface area contributed by atoms with Crippen LogP contribution in [0.1, 0.15) is 11.6 Å². The number of piperazine rings is 1. The van der Waals surface area contributed by atoms with Crippen LogP contribution >= 0.6 is 0 Å². The lowest BCUT2D eigenvalue weighted by Crippen LogP contribution is -2.47. The topological polar surface area (TPSA) is 43.2 Å². The molecule has 5 heteroatoms. The third-order valence-electron chi connectivity index (χ3n) is 3.94. The van der Waals surface area contributed by atoms with Crippen LogP contribution in [-0.2, 0) is 0 Å². The number of hydrogen-bond acceptors (Lipinski definition) is 4. The minimum Gasteiger partial charge on any atom is -0.354 e. The molecule has 22 heavy (non-hydrogen) atoms. The zero-order chi connectivity index (χ0) is 15.4. The number of aromatic nitrogens is 1. The highest BCUT2D eigenvalue weighted by Crippen LogP contribution is 2.23. The summed E-state index contributed by atoms with van der Waals surface area (Å²) in [4.78, 5) is 8.65. The van der Waals surface area contributed by atoms with Crippen molar-refractivity contribution in [2.75, 3.05) is 31.1 Å². The summed E-state index contributed by atoms with van der Waals surface area (Å²) in [5.41, 5.74) is 0.716. The molecule has 1 saturated heterocycles. The Balaban J connectivity index is 1.69. The van der Waals surface area contributed by atoms with Crippen LogP contribution in [0, 0.1) is 17.1 Å². The van der Waals surface area contributed by atoms with Crippen molar-refractivity contribution in [3.63, 3.8) is 0 Å². The van der Waals surface area contributed by atoms with Crippen LogP contribution in [0.2, 0.25) is 0 Å². The summed E-state index contributed by atoms with van der Waals surface area (Å²) in [6.07, 6.45) is 1.78. The Morgan fingerprint density at radius 3 is 2.55 bits per heavy atom. The summed E-state index contributed by atoms with van der Waals surface area (Å²) in [5.74, 6) is 0.659. The maximum atomic E-state index is 13.4. The number of pyridine rings is 1. The minimum absolute atomic E-state index is 0.301. The number of rotatable bonds is 3. The molecule has 1 unspecified atom stereocenters. The van der Waals surface area contributed by atoms with Gasteiger partial charge in [0.15, 0.2) is 0 Å². The van der Waals surface area contributed by atoms with Crippen LogP contribution < -0.4 is 4.90 Å². The Kier molecular flexibility index (Phi) is 4.31. The van der Waals surface area contributed by atoms with E-state index in [-0.39, 0.29) is 5.82 Å². The van der Waals surface area contributed by atoms with Gasteiger partial charge in [0.2, 0.25) is 0 Å². The molecule has 3 rings (SSSR count). The van der Waals surface area contributed by atoms with E-state index in [1.807, 2.05) is 24.3 Å². The van der Waals surface area contributed by atoms with Crippen molar-refractivity contribution in [1.29, 1.82) is 5.26 Å². The van der Waals surface area contributed by atoms with Crippen molar-refractivity contribution >= 4 is 5.82 Å². The highest BCUT2D eigenvalue weighted by atomic mass is 19.1. The SMILES string of the molecule is N#CC(c1cccc(F)c1)N1CCN(c2ccccn2)CC1. The molecule has 112 valence electrons. The van der Waals surface area contributed by atoms with Crippen LogP contribution in [0.5, 0.6) is 0 Å². The fourth-order valence-electron chi connectivity index (χ4n) is 2.79. The number of nitrogens with zero attached hydrogens (tertiary/aromatic N) is 4. The fourth-order valence-corrected chi connectivity index (χ4v) is 2.79. The lowest BCUT2D eigenvalue weighted by atomic mass is 10.1. The molecule has 1 aromatic carbocycles. The number of benzene rings is 1. The van der Waals surface area contributed by atoms with Gasteiger partial charge in [-0.05, 0) is 29.8 Å². The van der Waals surface area contributed by atoms with Gasteiger partial charge < -0.3 is 4.90 Å². The van der Waals surface area contributed by atoms with Crippen LogP contribution in [0.25, 0.3) is 0 Å². The molecular formula is C17H17FN4. The van der Waals surface area contributed by atoms with Gasteiger partial charge in [-0.2, -0.15) is 5.26 Å². The van der Waals surface area contributed by atoms with Crippen LogP contribution in [0.4, 0.5) is 10.2 Å². The minimum atomic E-state index is -0.401. The monoisotopic (exact) mass is 296 g/mol. The van der Waals surface area contributed by atoms with Gasteiger partial charge in [-0.1, -0.05) is 18.2 Å². The average molecular weight is 296 g/mol. The summed E-state index contributed by atoms with van der Waals surface area (Å²) in [7, 11) is 0. The highest BCUT2D eigenvalue weighted by molar-refractivity contribution is 5.38. The second-order valence-electron chi connectivity index (χ2n) is 5.30. The Morgan fingerprint density at radius 2 is 1.91 bits per heavy atom. The van der Waals surface area contributed by atoms with Crippen molar-refractivity contribution in [2.45, 2.75) is 6.04 Å². The van der Waals surface area contributed by atoms with Crippen molar-refractivity contribution < 1.29 is 4.39 Å². The lowest BCUT2D eigenvalue weighted by Gasteiger charge is -2.37. The van der Waals surface area contributed by atoms with Gasteiger partial charge in [0.1, 0.15) is 17.7 Å². The zero-order valence-electron chi connectivity index (χ0n) is 12.2. The van der Waals surface area contributed by atoms with E-state index in [0.29, 0.717) is 5.56 Å². The van der Waals surface area contributed by atoms with E-state index in [0.717, 1.165) is 32.0 Å².